The van der Waals surface area contributed by atoms with Gasteiger partial charge in [0.2, 0.25) is 0 Å². The Balaban J connectivity index is 1.35. The van der Waals surface area contributed by atoms with Gasteiger partial charge >= 0.3 is 0 Å². The minimum Gasteiger partial charge on any atom is -0.461 e. The van der Waals surface area contributed by atoms with Crippen molar-refractivity contribution in [2.75, 3.05) is 6.54 Å². The van der Waals surface area contributed by atoms with Crippen LogP contribution in [0.15, 0.2) is 54.3 Å². The SMILES string of the molecule is Cc1noc(C)c1CN1CCCC1C#CC1=C[N@@+]2(N)N=C(c3ccco3)N=C2C=N1. The molecule has 0 spiro atoms. The van der Waals surface area contributed by atoms with E-state index in [0.29, 0.717) is 23.1 Å². The quantitative estimate of drug-likeness (QED) is 0.480. The van der Waals surface area contributed by atoms with E-state index in [1.807, 2.05) is 13.8 Å². The molecule has 1 fully saturated rings. The molecule has 30 heavy (non-hydrogen) atoms. The van der Waals surface area contributed by atoms with Crippen LogP contribution in [-0.2, 0) is 6.54 Å². The van der Waals surface area contributed by atoms with Crippen LogP contribution in [0.4, 0.5) is 0 Å². The van der Waals surface area contributed by atoms with E-state index in [4.69, 9.17) is 14.8 Å². The van der Waals surface area contributed by atoms with Crippen LogP contribution < -0.4 is 5.84 Å². The van der Waals surface area contributed by atoms with Gasteiger partial charge in [0.05, 0.1) is 18.0 Å². The second-order valence-electron chi connectivity index (χ2n) is 7.58. The molecular formula is C21H22N7O2+. The Labute approximate surface area is 173 Å². The molecule has 2 N–H and O–H groups in total. The molecule has 9 nitrogen and oxygen atoms in total. The molecule has 2 aromatic rings. The maximum absolute atomic E-state index is 6.40. The lowest BCUT2D eigenvalue weighted by Crippen LogP contribution is -2.50. The third-order valence-electron chi connectivity index (χ3n) is 5.50. The van der Waals surface area contributed by atoms with Crippen molar-refractivity contribution in [3.8, 4) is 11.8 Å². The number of rotatable bonds is 3. The van der Waals surface area contributed by atoms with Crippen molar-refractivity contribution in [1.82, 2.24) is 10.1 Å². The summed E-state index contributed by atoms with van der Waals surface area (Å²) in [4.78, 5) is 11.2. The molecule has 3 aliphatic rings. The lowest BCUT2D eigenvalue weighted by atomic mass is 10.1. The zero-order chi connectivity index (χ0) is 20.7. The van der Waals surface area contributed by atoms with Gasteiger partial charge in [0.1, 0.15) is 12.0 Å². The number of hydrogen-bond donors (Lipinski definition) is 1. The van der Waals surface area contributed by atoms with E-state index >= 15 is 0 Å². The van der Waals surface area contributed by atoms with Crippen LogP contribution in [-0.4, -0.2) is 45.2 Å². The molecule has 0 bridgehead atoms. The Morgan fingerprint density at radius 2 is 2.27 bits per heavy atom. The number of fused-ring (bicyclic) bond motifs is 1. The van der Waals surface area contributed by atoms with E-state index in [-0.39, 0.29) is 10.7 Å². The predicted octanol–water partition coefficient (Wildman–Crippen LogP) is 2.24. The summed E-state index contributed by atoms with van der Waals surface area (Å²) in [6.07, 6.45) is 7.01. The highest BCUT2D eigenvalue weighted by atomic mass is 16.5. The number of nitrogens with two attached hydrogens (primary N) is 1. The van der Waals surface area contributed by atoms with Gasteiger partial charge in [-0.05, 0) is 61.1 Å². The maximum atomic E-state index is 6.40. The Hall–Kier alpha value is -3.32. The molecule has 0 aliphatic carbocycles. The van der Waals surface area contributed by atoms with Gasteiger partial charge in [-0.15, -0.1) is 5.84 Å². The van der Waals surface area contributed by atoms with Gasteiger partial charge in [0.25, 0.3) is 11.7 Å². The van der Waals surface area contributed by atoms with Crippen molar-refractivity contribution in [2.24, 2.45) is 20.9 Å². The molecule has 0 saturated carbocycles. The van der Waals surface area contributed by atoms with Crippen LogP contribution in [0, 0.1) is 25.7 Å². The van der Waals surface area contributed by atoms with Gasteiger partial charge < -0.3 is 8.94 Å². The van der Waals surface area contributed by atoms with Gasteiger partial charge in [0, 0.05) is 12.1 Å². The van der Waals surface area contributed by atoms with Crippen molar-refractivity contribution in [3.05, 3.63) is 53.1 Å². The molecule has 152 valence electrons. The highest BCUT2D eigenvalue weighted by molar-refractivity contribution is 6.31. The molecule has 5 rings (SSSR count). The first kappa shape index (κ1) is 18.7. The van der Waals surface area contributed by atoms with E-state index in [2.05, 4.69) is 37.0 Å². The van der Waals surface area contributed by atoms with Gasteiger partial charge in [-0.3, -0.25) is 4.90 Å². The summed E-state index contributed by atoms with van der Waals surface area (Å²) in [6.45, 7) is 5.70. The molecule has 5 heterocycles. The normalized spacial score (nSPS) is 25.4. The number of nitrogens with zero attached hydrogens (tertiary/aromatic N) is 6. The number of allylic oxidation sites excluding steroid dienone is 1. The van der Waals surface area contributed by atoms with Crippen molar-refractivity contribution in [2.45, 2.75) is 39.3 Å². The number of furan rings is 1. The minimum atomic E-state index is -0.309. The van der Waals surface area contributed by atoms with Crippen LogP contribution in [0.3, 0.4) is 0 Å². The number of aliphatic imine (C=N–C) groups is 2. The number of hydrogen-bond acceptors (Lipinski definition) is 8. The smallest absolute Gasteiger partial charge is 0.300 e. The number of likely N-dealkylation sites (tertiary alicyclic amines) is 1. The summed E-state index contributed by atoms with van der Waals surface area (Å²) in [6, 6.07) is 3.73. The highest BCUT2D eigenvalue weighted by Gasteiger charge is 2.39. The summed E-state index contributed by atoms with van der Waals surface area (Å²) < 4.78 is 10.4. The number of aromatic nitrogens is 1. The monoisotopic (exact) mass is 404 g/mol. The highest BCUT2D eigenvalue weighted by Crippen LogP contribution is 2.24. The Bertz CT molecular complexity index is 1140. The average molecular weight is 404 g/mol. The summed E-state index contributed by atoms with van der Waals surface area (Å²) >= 11 is 0. The molecule has 3 aliphatic heterocycles. The van der Waals surface area contributed by atoms with Crippen molar-refractivity contribution < 1.29 is 13.6 Å². The van der Waals surface area contributed by atoms with E-state index < -0.39 is 0 Å². The summed E-state index contributed by atoms with van der Waals surface area (Å²) in [5.41, 5.74) is 2.65. The summed E-state index contributed by atoms with van der Waals surface area (Å²) in [5, 5.41) is 8.52. The van der Waals surface area contributed by atoms with Crippen LogP contribution >= 0.6 is 0 Å². The molecule has 0 amide bonds. The first-order chi connectivity index (χ1) is 14.5. The molecule has 9 heteroatoms. The minimum absolute atomic E-state index is 0.150. The molecule has 1 saturated heterocycles. The van der Waals surface area contributed by atoms with E-state index in [0.717, 1.165) is 42.9 Å². The lowest BCUT2D eigenvalue weighted by Gasteiger charge is -2.20. The average Bonchev–Trinajstić information content (AvgIpc) is 3.50. The van der Waals surface area contributed by atoms with Gasteiger partial charge in [-0.2, -0.15) is 4.99 Å². The standard InChI is InChI=1S/C21H22N7O2/c1-14-18(15(2)30-26-14)12-27-9-3-5-17(27)8-7-16-13-28(22)20(11-23-16)24-21(25-28)19-6-4-10-29-19/h4,6,10-11,13,17H,3,5,9,12,22H2,1-2H3/q+1/t17?,28-/m1/s1. The van der Waals surface area contributed by atoms with Gasteiger partial charge in [-0.25, -0.2) is 4.99 Å². The number of quaternary nitrogens is 1. The number of amidine groups is 2. The fourth-order valence-electron chi connectivity index (χ4n) is 3.82. The second-order valence-corrected chi connectivity index (χ2v) is 7.58. The molecule has 2 aromatic heterocycles. The Morgan fingerprint density at radius 3 is 3.03 bits per heavy atom. The summed E-state index contributed by atoms with van der Waals surface area (Å²) in [7, 11) is 0. The van der Waals surface area contributed by atoms with Crippen molar-refractivity contribution >= 4 is 17.9 Å². The van der Waals surface area contributed by atoms with Gasteiger partial charge in [0.15, 0.2) is 17.7 Å². The second kappa shape index (κ2) is 7.18. The molecule has 2 atom stereocenters. The molecule has 0 aromatic carbocycles. The van der Waals surface area contributed by atoms with Gasteiger partial charge in [-0.1, -0.05) is 11.1 Å². The Morgan fingerprint density at radius 1 is 1.37 bits per heavy atom. The fraction of sp³-hybridized carbons (Fsp3) is 0.333. The first-order valence-corrected chi connectivity index (χ1v) is 9.87. The largest absolute Gasteiger partial charge is 0.461 e. The van der Waals surface area contributed by atoms with E-state index in [1.54, 1.807) is 30.8 Å². The van der Waals surface area contributed by atoms with Crippen LogP contribution in [0.5, 0.6) is 0 Å². The fourth-order valence-corrected chi connectivity index (χ4v) is 3.82. The molecular weight excluding hydrogens is 382 g/mol. The van der Waals surface area contributed by atoms with Crippen molar-refractivity contribution in [1.29, 1.82) is 0 Å². The Kier molecular flexibility index (Phi) is 4.47. The topological polar surface area (TPSA) is 106 Å². The third kappa shape index (κ3) is 3.31. The van der Waals surface area contributed by atoms with Crippen LogP contribution in [0.25, 0.3) is 0 Å². The predicted molar refractivity (Wildman–Crippen MR) is 111 cm³/mol. The third-order valence-corrected chi connectivity index (χ3v) is 5.50. The summed E-state index contributed by atoms with van der Waals surface area (Å²) in [5.74, 6) is 15.3. The maximum Gasteiger partial charge on any atom is 0.300 e. The van der Waals surface area contributed by atoms with E-state index in [9.17, 15) is 0 Å². The van der Waals surface area contributed by atoms with Crippen LogP contribution in [0.2, 0.25) is 0 Å². The van der Waals surface area contributed by atoms with Crippen molar-refractivity contribution in [3.63, 3.8) is 0 Å². The zero-order valence-electron chi connectivity index (χ0n) is 16.9. The van der Waals surface area contributed by atoms with E-state index in [1.165, 1.54) is 0 Å². The van der Waals surface area contributed by atoms with Crippen LogP contribution in [0.1, 0.15) is 35.6 Å². The molecule has 0 radical (unpaired) electrons. The lowest BCUT2D eigenvalue weighted by molar-refractivity contribution is -0.803. The number of aryl methyl sites for hydroxylation is 2. The zero-order valence-corrected chi connectivity index (χ0v) is 16.9. The molecule has 1 unspecified atom stereocenters. The first-order valence-electron chi connectivity index (χ1n) is 9.87.